The molecule has 2 unspecified atom stereocenters. The second-order valence-corrected chi connectivity index (χ2v) is 5.52. The number of anilines is 1. The van der Waals surface area contributed by atoms with Crippen molar-refractivity contribution in [1.29, 1.82) is 0 Å². The number of benzene rings is 1. The number of β-amino-alcohol motifs (C(OH)–C–C–N with tert-alkyl or cyclic N) is 1. The van der Waals surface area contributed by atoms with Crippen LogP contribution in [-0.2, 0) is 6.54 Å². The minimum Gasteiger partial charge on any atom is -0.391 e. The van der Waals surface area contributed by atoms with Gasteiger partial charge in [-0.3, -0.25) is 0 Å². The topological polar surface area (TPSA) is 35.5 Å². The summed E-state index contributed by atoms with van der Waals surface area (Å²) in [4.78, 5) is 2.24. The molecule has 1 aliphatic heterocycles. The summed E-state index contributed by atoms with van der Waals surface area (Å²) in [6.07, 6.45) is 0.771. The smallest absolute Gasteiger partial charge is 0.0741 e. The summed E-state index contributed by atoms with van der Waals surface area (Å²) in [7, 11) is 1.94. The van der Waals surface area contributed by atoms with Crippen molar-refractivity contribution in [3.05, 3.63) is 28.8 Å². The van der Waals surface area contributed by atoms with Crippen LogP contribution in [0.15, 0.2) is 18.2 Å². The Morgan fingerprint density at radius 2 is 2.28 bits per heavy atom. The van der Waals surface area contributed by atoms with Gasteiger partial charge in [0.15, 0.2) is 0 Å². The Labute approximate surface area is 114 Å². The van der Waals surface area contributed by atoms with Crippen LogP contribution in [0.3, 0.4) is 0 Å². The minimum absolute atomic E-state index is 0.250. The van der Waals surface area contributed by atoms with Crippen LogP contribution >= 0.6 is 11.6 Å². The molecule has 2 rings (SSSR count). The van der Waals surface area contributed by atoms with Crippen molar-refractivity contribution in [2.24, 2.45) is 5.92 Å². The highest BCUT2D eigenvalue weighted by Gasteiger charge is 2.25. The second-order valence-electron chi connectivity index (χ2n) is 5.08. The molecule has 2 atom stereocenters. The molecule has 1 fully saturated rings. The molecule has 1 heterocycles. The van der Waals surface area contributed by atoms with Gasteiger partial charge in [-0.1, -0.05) is 24.6 Å². The van der Waals surface area contributed by atoms with Gasteiger partial charge in [0.2, 0.25) is 0 Å². The number of rotatable bonds is 3. The highest BCUT2D eigenvalue weighted by Crippen LogP contribution is 2.29. The van der Waals surface area contributed by atoms with Crippen LogP contribution in [-0.4, -0.2) is 31.3 Å². The van der Waals surface area contributed by atoms with Crippen molar-refractivity contribution in [1.82, 2.24) is 5.32 Å². The second kappa shape index (κ2) is 5.91. The van der Waals surface area contributed by atoms with Gasteiger partial charge in [-0.05, 0) is 37.1 Å². The van der Waals surface area contributed by atoms with Gasteiger partial charge in [-0.2, -0.15) is 0 Å². The molecule has 1 aromatic rings. The SMILES string of the molecule is CNCc1ccc(Cl)cc1N1CCC(C)C(O)C1. The van der Waals surface area contributed by atoms with E-state index in [1.165, 1.54) is 5.56 Å². The molecule has 0 radical (unpaired) electrons. The number of nitrogens with zero attached hydrogens (tertiary/aromatic N) is 1. The highest BCUT2D eigenvalue weighted by molar-refractivity contribution is 6.30. The van der Waals surface area contributed by atoms with Crippen molar-refractivity contribution in [3.63, 3.8) is 0 Å². The van der Waals surface area contributed by atoms with Gasteiger partial charge in [0.25, 0.3) is 0 Å². The van der Waals surface area contributed by atoms with E-state index in [0.717, 1.165) is 30.2 Å². The predicted octanol–water partition coefficient (Wildman–Crippen LogP) is 2.27. The van der Waals surface area contributed by atoms with Gasteiger partial charge in [0.05, 0.1) is 6.10 Å². The third kappa shape index (κ3) is 2.97. The molecule has 0 saturated carbocycles. The van der Waals surface area contributed by atoms with E-state index in [2.05, 4.69) is 23.2 Å². The zero-order chi connectivity index (χ0) is 13.1. The summed E-state index contributed by atoms with van der Waals surface area (Å²) in [5.41, 5.74) is 2.37. The molecule has 0 spiro atoms. The van der Waals surface area contributed by atoms with Crippen LogP contribution in [0.1, 0.15) is 18.9 Å². The lowest BCUT2D eigenvalue weighted by atomic mass is 9.95. The molecule has 2 N–H and O–H groups in total. The van der Waals surface area contributed by atoms with Crippen LogP contribution in [0.25, 0.3) is 0 Å². The summed E-state index contributed by atoms with van der Waals surface area (Å²) in [5.74, 6) is 0.383. The lowest BCUT2D eigenvalue weighted by Crippen LogP contribution is -2.43. The number of aliphatic hydroxyl groups excluding tert-OH is 1. The molecule has 0 amide bonds. The van der Waals surface area contributed by atoms with Crippen LogP contribution in [0.4, 0.5) is 5.69 Å². The molecule has 3 nitrogen and oxygen atoms in total. The molecular weight excluding hydrogens is 248 g/mol. The van der Waals surface area contributed by atoms with Gasteiger partial charge >= 0.3 is 0 Å². The van der Waals surface area contributed by atoms with E-state index in [4.69, 9.17) is 11.6 Å². The number of halogens is 1. The maximum absolute atomic E-state index is 10.0. The standard InChI is InChI=1S/C14H21ClN2O/c1-10-5-6-17(9-14(10)18)13-7-12(15)4-3-11(13)8-16-2/h3-4,7,10,14,16,18H,5-6,8-9H2,1-2H3. The van der Waals surface area contributed by atoms with Crippen molar-refractivity contribution < 1.29 is 5.11 Å². The third-order valence-corrected chi connectivity index (χ3v) is 3.91. The Hall–Kier alpha value is -0.770. The first-order chi connectivity index (χ1) is 8.61. The molecule has 1 aliphatic rings. The Morgan fingerprint density at radius 3 is 2.94 bits per heavy atom. The van der Waals surface area contributed by atoms with Crippen molar-refractivity contribution in [3.8, 4) is 0 Å². The third-order valence-electron chi connectivity index (χ3n) is 3.67. The van der Waals surface area contributed by atoms with Gasteiger partial charge in [0, 0.05) is 30.3 Å². The molecular formula is C14H21ClN2O. The first-order valence-electron chi connectivity index (χ1n) is 6.48. The largest absolute Gasteiger partial charge is 0.391 e. The maximum Gasteiger partial charge on any atom is 0.0741 e. The lowest BCUT2D eigenvalue weighted by Gasteiger charge is -2.37. The maximum atomic E-state index is 10.0. The number of piperidine rings is 1. The lowest BCUT2D eigenvalue weighted by molar-refractivity contribution is 0.103. The van der Waals surface area contributed by atoms with Gasteiger partial charge in [-0.25, -0.2) is 0 Å². The summed E-state index contributed by atoms with van der Waals surface area (Å²) >= 11 is 6.09. The number of aliphatic hydroxyl groups is 1. The van der Waals surface area contributed by atoms with Crippen molar-refractivity contribution in [2.45, 2.75) is 26.0 Å². The molecule has 18 heavy (non-hydrogen) atoms. The minimum atomic E-state index is -0.250. The Bertz CT molecular complexity index is 411. The van der Waals surface area contributed by atoms with Gasteiger partial charge in [-0.15, -0.1) is 0 Å². The highest BCUT2D eigenvalue weighted by atomic mass is 35.5. The average molecular weight is 269 g/mol. The van der Waals surface area contributed by atoms with Crippen molar-refractivity contribution >= 4 is 17.3 Å². The molecule has 4 heteroatoms. The molecule has 1 aromatic carbocycles. The van der Waals surface area contributed by atoms with E-state index in [1.807, 2.05) is 19.2 Å². The van der Waals surface area contributed by atoms with E-state index in [1.54, 1.807) is 0 Å². The molecule has 0 aliphatic carbocycles. The Kier molecular flexibility index (Phi) is 4.49. The Balaban J connectivity index is 2.23. The molecule has 0 aromatic heterocycles. The summed E-state index contributed by atoms with van der Waals surface area (Å²) in [6.45, 7) is 4.59. The summed E-state index contributed by atoms with van der Waals surface area (Å²) < 4.78 is 0. The monoisotopic (exact) mass is 268 g/mol. The van der Waals surface area contributed by atoms with Crippen LogP contribution < -0.4 is 10.2 Å². The van der Waals surface area contributed by atoms with Gasteiger partial charge in [0.1, 0.15) is 0 Å². The summed E-state index contributed by atoms with van der Waals surface area (Å²) in [5, 5.41) is 13.9. The van der Waals surface area contributed by atoms with Crippen LogP contribution in [0.5, 0.6) is 0 Å². The predicted molar refractivity (Wildman–Crippen MR) is 76.2 cm³/mol. The summed E-state index contributed by atoms with van der Waals surface area (Å²) in [6, 6.07) is 5.97. The fraction of sp³-hybridized carbons (Fsp3) is 0.571. The van der Waals surface area contributed by atoms with E-state index in [9.17, 15) is 5.11 Å². The van der Waals surface area contributed by atoms with Gasteiger partial charge < -0.3 is 15.3 Å². The fourth-order valence-corrected chi connectivity index (χ4v) is 2.61. The van der Waals surface area contributed by atoms with E-state index < -0.39 is 0 Å². The zero-order valence-electron chi connectivity index (χ0n) is 11.0. The van der Waals surface area contributed by atoms with Crippen LogP contribution in [0.2, 0.25) is 5.02 Å². The van der Waals surface area contributed by atoms with E-state index in [-0.39, 0.29) is 6.10 Å². The number of nitrogens with one attached hydrogen (secondary N) is 1. The Morgan fingerprint density at radius 1 is 1.50 bits per heavy atom. The first-order valence-corrected chi connectivity index (χ1v) is 6.85. The van der Waals surface area contributed by atoms with E-state index >= 15 is 0 Å². The molecule has 100 valence electrons. The quantitative estimate of drug-likeness (QED) is 0.883. The molecule has 1 saturated heterocycles. The zero-order valence-corrected chi connectivity index (χ0v) is 11.7. The number of hydrogen-bond donors (Lipinski definition) is 2. The molecule has 0 bridgehead atoms. The fourth-order valence-electron chi connectivity index (χ4n) is 2.44. The van der Waals surface area contributed by atoms with Crippen LogP contribution in [0, 0.1) is 5.92 Å². The average Bonchev–Trinajstić information content (AvgIpc) is 2.35. The number of hydrogen-bond acceptors (Lipinski definition) is 3. The van der Waals surface area contributed by atoms with E-state index in [0.29, 0.717) is 12.5 Å². The first kappa shape index (κ1) is 13.7. The normalized spacial score (nSPS) is 24.3. The van der Waals surface area contributed by atoms with Crippen molar-refractivity contribution in [2.75, 3.05) is 25.0 Å².